The molecule has 102 valence electrons. The molecule has 4 nitrogen and oxygen atoms in total. The summed E-state index contributed by atoms with van der Waals surface area (Å²) in [6.45, 7) is 7.95. The molecule has 0 bridgehead atoms. The normalized spacial score (nSPS) is 16.2. The van der Waals surface area contributed by atoms with Crippen LogP contribution in [0.25, 0.3) is 0 Å². The number of aromatic nitrogens is 2. The Labute approximate surface area is 118 Å². The van der Waals surface area contributed by atoms with Crippen molar-refractivity contribution in [3.8, 4) is 0 Å². The van der Waals surface area contributed by atoms with Crippen LogP contribution in [0, 0.1) is 5.41 Å². The number of nitrogens with zero attached hydrogens (tertiary/aromatic N) is 3. The van der Waals surface area contributed by atoms with Gasteiger partial charge in [0.15, 0.2) is 10.8 Å². The average molecular weight is 280 g/mol. The predicted octanol–water partition coefficient (Wildman–Crippen LogP) is 2.95. The molecular weight excluding hydrogens is 262 g/mol. The maximum Gasteiger partial charge on any atom is 0.274 e. The summed E-state index contributed by atoms with van der Waals surface area (Å²) in [6.07, 6.45) is 3.06. The summed E-state index contributed by atoms with van der Waals surface area (Å²) >= 11 is 5.66. The lowest BCUT2D eigenvalue weighted by Crippen LogP contribution is -2.36. The van der Waals surface area contributed by atoms with Crippen molar-refractivity contribution >= 4 is 17.5 Å². The second-order valence-corrected chi connectivity index (χ2v) is 6.11. The minimum Gasteiger partial charge on any atom is -0.333 e. The van der Waals surface area contributed by atoms with E-state index in [1.807, 2.05) is 0 Å². The van der Waals surface area contributed by atoms with E-state index >= 15 is 0 Å². The highest BCUT2D eigenvalue weighted by molar-refractivity contribution is 6.29. The first-order chi connectivity index (χ1) is 8.88. The van der Waals surface area contributed by atoms with Crippen LogP contribution in [-0.2, 0) is 0 Å². The third kappa shape index (κ3) is 3.32. The van der Waals surface area contributed by atoms with Gasteiger partial charge in [-0.25, -0.2) is 0 Å². The fraction of sp³-hybridized carbons (Fsp3) is 0.500. The van der Waals surface area contributed by atoms with E-state index in [1.54, 1.807) is 17.0 Å². The van der Waals surface area contributed by atoms with Crippen LogP contribution in [0.1, 0.15) is 37.7 Å². The van der Waals surface area contributed by atoms with Crippen LogP contribution in [-0.4, -0.2) is 34.1 Å². The van der Waals surface area contributed by atoms with Gasteiger partial charge >= 0.3 is 0 Å². The van der Waals surface area contributed by atoms with Crippen LogP contribution in [0.2, 0.25) is 5.15 Å². The Hall–Kier alpha value is -1.42. The molecule has 0 N–H and O–H groups in total. The Balaban J connectivity index is 2.07. The maximum atomic E-state index is 12.2. The molecule has 0 unspecified atom stereocenters. The van der Waals surface area contributed by atoms with Crippen molar-refractivity contribution in [2.45, 2.75) is 27.2 Å². The molecule has 1 aliphatic heterocycles. The number of carbonyl (C=O) groups excluding carboxylic acids is 1. The van der Waals surface area contributed by atoms with Crippen LogP contribution in [0.3, 0.4) is 0 Å². The van der Waals surface area contributed by atoms with Crippen molar-refractivity contribution in [2.24, 2.45) is 5.41 Å². The molecular formula is C14H18ClN3O. The van der Waals surface area contributed by atoms with Crippen LogP contribution in [0.4, 0.5) is 0 Å². The van der Waals surface area contributed by atoms with Crippen LogP contribution in [0.15, 0.2) is 23.8 Å². The Bertz CT molecular complexity index is 502. The SMILES string of the molecule is CC(C)(C)C1=CCN(C(=O)c2ccc(Cl)nn2)CC1. The quantitative estimate of drug-likeness (QED) is 0.743. The average Bonchev–Trinajstić information content (AvgIpc) is 2.38. The summed E-state index contributed by atoms with van der Waals surface area (Å²) in [5.41, 5.74) is 1.92. The van der Waals surface area contributed by atoms with Crippen molar-refractivity contribution in [3.05, 3.63) is 34.6 Å². The molecule has 5 heteroatoms. The van der Waals surface area contributed by atoms with Crippen LogP contribution < -0.4 is 0 Å². The molecule has 0 saturated carbocycles. The fourth-order valence-electron chi connectivity index (χ4n) is 2.13. The molecule has 2 heterocycles. The second-order valence-electron chi connectivity index (χ2n) is 5.72. The largest absolute Gasteiger partial charge is 0.333 e. The van der Waals surface area contributed by atoms with Crippen molar-refractivity contribution in [1.82, 2.24) is 15.1 Å². The molecule has 0 aromatic carbocycles. The molecule has 0 fully saturated rings. The lowest BCUT2D eigenvalue weighted by molar-refractivity contribution is 0.0758. The standard InChI is InChI=1S/C14H18ClN3O/c1-14(2,3)10-6-8-18(9-7-10)13(19)11-4-5-12(15)17-16-11/h4-6H,7-9H2,1-3H3. The van der Waals surface area contributed by atoms with Gasteiger partial charge in [-0.1, -0.05) is 44.0 Å². The number of rotatable bonds is 1. The van der Waals surface area contributed by atoms with Crippen molar-refractivity contribution in [2.75, 3.05) is 13.1 Å². The van der Waals surface area contributed by atoms with E-state index in [4.69, 9.17) is 11.6 Å². The number of halogens is 1. The third-order valence-corrected chi connectivity index (χ3v) is 3.51. The summed E-state index contributed by atoms with van der Waals surface area (Å²) < 4.78 is 0. The molecule has 0 spiro atoms. The van der Waals surface area contributed by atoms with Crippen LogP contribution >= 0.6 is 11.6 Å². The molecule has 1 aliphatic rings. The number of hydrogen-bond donors (Lipinski definition) is 0. The van der Waals surface area contributed by atoms with Gasteiger partial charge in [-0.2, -0.15) is 0 Å². The van der Waals surface area contributed by atoms with Gasteiger partial charge < -0.3 is 4.90 Å². The van der Waals surface area contributed by atoms with E-state index in [0.29, 0.717) is 17.4 Å². The summed E-state index contributed by atoms with van der Waals surface area (Å²) in [7, 11) is 0. The first-order valence-electron chi connectivity index (χ1n) is 6.36. The highest BCUT2D eigenvalue weighted by Gasteiger charge is 2.24. The van der Waals surface area contributed by atoms with Crippen molar-refractivity contribution in [3.63, 3.8) is 0 Å². The Morgan fingerprint density at radius 3 is 2.53 bits per heavy atom. The lowest BCUT2D eigenvalue weighted by atomic mass is 9.83. The van der Waals surface area contributed by atoms with Gasteiger partial charge in [-0.15, -0.1) is 10.2 Å². The molecule has 19 heavy (non-hydrogen) atoms. The molecule has 0 aliphatic carbocycles. The zero-order valence-corrected chi connectivity index (χ0v) is 12.2. The highest BCUT2D eigenvalue weighted by Crippen LogP contribution is 2.30. The fourth-order valence-corrected chi connectivity index (χ4v) is 2.23. The lowest BCUT2D eigenvalue weighted by Gasteiger charge is -2.32. The van der Waals surface area contributed by atoms with E-state index in [1.165, 1.54) is 5.57 Å². The zero-order chi connectivity index (χ0) is 14.0. The van der Waals surface area contributed by atoms with Crippen molar-refractivity contribution < 1.29 is 4.79 Å². The molecule has 1 aromatic rings. The zero-order valence-electron chi connectivity index (χ0n) is 11.5. The molecule has 0 atom stereocenters. The number of amides is 1. The third-order valence-electron chi connectivity index (χ3n) is 3.31. The minimum absolute atomic E-state index is 0.0895. The van der Waals surface area contributed by atoms with Gasteiger partial charge in [0, 0.05) is 13.1 Å². The van der Waals surface area contributed by atoms with Crippen LogP contribution in [0.5, 0.6) is 0 Å². The summed E-state index contributed by atoms with van der Waals surface area (Å²) in [4.78, 5) is 14.0. The maximum absolute atomic E-state index is 12.2. The van der Waals surface area contributed by atoms with Gasteiger partial charge in [-0.05, 0) is 24.0 Å². The van der Waals surface area contributed by atoms with Gasteiger partial charge in [0.05, 0.1) is 0 Å². The van der Waals surface area contributed by atoms with E-state index in [0.717, 1.165) is 13.0 Å². The van der Waals surface area contributed by atoms with Gasteiger partial charge in [-0.3, -0.25) is 4.79 Å². The molecule has 2 rings (SSSR count). The second kappa shape index (κ2) is 5.29. The van der Waals surface area contributed by atoms with E-state index < -0.39 is 0 Å². The summed E-state index contributed by atoms with van der Waals surface area (Å²) in [5.74, 6) is -0.0895. The monoisotopic (exact) mass is 279 g/mol. The minimum atomic E-state index is -0.0895. The first kappa shape index (κ1) is 14.0. The smallest absolute Gasteiger partial charge is 0.274 e. The highest BCUT2D eigenvalue weighted by atomic mass is 35.5. The predicted molar refractivity (Wildman–Crippen MR) is 75.1 cm³/mol. The van der Waals surface area contributed by atoms with E-state index in [9.17, 15) is 4.79 Å². The summed E-state index contributed by atoms with van der Waals surface area (Å²) in [5, 5.41) is 7.83. The van der Waals surface area contributed by atoms with E-state index in [2.05, 4.69) is 37.0 Å². The number of hydrogen-bond acceptors (Lipinski definition) is 3. The van der Waals surface area contributed by atoms with Gasteiger partial charge in [0.25, 0.3) is 5.91 Å². The Morgan fingerprint density at radius 2 is 2.05 bits per heavy atom. The van der Waals surface area contributed by atoms with Crippen molar-refractivity contribution in [1.29, 1.82) is 0 Å². The number of carbonyl (C=O) groups is 1. The molecule has 1 aromatic heterocycles. The first-order valence-corrected chi connectivity index (χ1v) is 6.74. The molecule has 0 saturated heterocycles. The molecule has 0 radical (unpaired) electrons. The summed E-state index contributed by atoms with van der Waals surface area (Å²) in [6, 6.07) is 3.20. The van der Waals surface area contributed by atoms with Gasteiger partial charge in [0.1, 0.15) is 0 Å². The Kier molecular flexibility index (Phi) is 3.90. The van der Waals surface area contributed by atoms with Gasteiger partial charge in [0.2, 0.25) is 0 Å². The topological polar surface area (TPSA) is 46.1 Å². The molecule has 1 amide bonds. The Morgan fingerprint density at radius 1 is 1.32 bits per heavy atom. The van der Waals surface area contributed by atoms with E-state index in [-0.39, 0.29) is 11.3 Å².